The van der Waals surface area contributed by atoms with Gasteiger partial charge in [-0.25, -0.2) is 9.97 Å². The third kappa shape index (κ3) is 4.83. The van der Waals surface area contributed by atoms with E-state index in [9.17, 15) is 9.90 Å². The third-order valence-corrected chi connectivity index (χ3v) is 5.92. The highest BCUT2D eigenvalue weighted by Crippen LogP contribution is 2.27. The Morgan fingerprint density at radius 1 is 1.00 bits per heavy atom. The second-order valence-corrected chi connectivity index (χ2v) is 8.29. The first-order valence-electron chi connectivity index (χ1n) is 11.1. The van der Waals surface area contributed by atoms with E-state index in [0.717, 1.165) is 36.6 Å². The molecule has 0 amide bonds. The summed E-state index contributed by atoms with van der Waals surface area (Å²) in [7, 11) is 0. The highest BCUT2D eigenvalue weighted by molar-refractivity contribution is 5.93. The van der Waals surface area contributed by atoms with Gasteiger partial charge in [-0.2, -0.15) is 0 Å². The Bertz CT molecular complexity index is 1290. The van der Waals surface area contributed by atoms with Crippen LogP contribution in [0.25, 0.3) is 10.8 Å². The van der Waals surface area contributed by atoms with Crippen LogP contribution in [0.2, 0.25) is 0 Å². The number of aliphatic hydroxyl groups excluding tert-OH is 1. The molecule has 0 bridgehead atoms. The van der Waals surface area contributed by atoms with E-state index in [4.69, 9.17) is 4.98 Å². The molecule has 0 aliphatic heterocycles. The minimum absolute atomic E-state index is 0.110. The number of nitrogens with zero attached hydrogens (tertiary/aromatic N) is 5. The van der Waals surface area contributed by atoms with Crippen LogP contribution in [-0.4, -0.2) is 41.8 Å². The molecule has 0 aromatic carbocycles. The van der Waals surface area contributed by atoms with Gasteiger partial charge in [-0.15, -0.1) is 0 Å². The highest BCUT2D eigenvalue weighted by Gasteiger charge is 2.21. The number of aliphatic hydroxyl groups is 1. The predicted octanol–water partition coefficient (Wildman–Crippen LogP) is 3.09. The molecule has 1 aliphatic rings. The second-order valence-electron chi connectivity index (χ2n) is 8.29. The smallest absolute Gasteiger partial charge is 0.262 e. The van der Waals surface area contributed by atoms with Crippen molar-refractivity contribution in [3.05, 3.63) is 77.4 Å². The summed E-state index contributed by atoms with van der Waals surface area (Å²) < 4.78 is 1.69. The minimum Gasteiger partial charge on any atom is -0.393 e. The lowest BCUT2D eigenvalue weighted by atomic mass is 9.93. The number of anilines is 3. The van der Waals surface area contributed by atoms with Crippen LogP contribution in [0.5, 0.6) is 0 Å². The fraction of sp³-hybridized carbons (Fsp3) is 0.292. The van der Waals surface area contributed by atoms with Crippen LogP contribution >= 0.6 is 0 Å². The van der Waals surface area contributed by atoms with Crippen molar-refractivity contribution in [2.45, 2.75) is 44.4 Å². The van der Waals surface area contributed by atoms with Crippen LogP contribution in [0, 0.1) is 0 Å². The summed E-state index contributed by atoms with van der Waals surface area (Å²) in [5, 5.41) is 17.9. The molecule has 5 rings (SSSR count). The quantitative estimate of drug-likeness (QED) is 0.416. The van der Waals surface area contributed by atoms with Crippen molar-refractivity contribution in [3.63, 3.8) is 0 Å². The summed E-state index contributed by atoms with van der Waals surface area (Å²) in [5.41, 5.74) is 0.886. The Labute approximate surface area is 190 Å². The number of rotatable bonds is 6. The summed E-state index contributed by atoms with van der Waals surface area (Å²) in [6.45, 7) is 0.450. The number of nitrogens with one attached hydrogen (secondary N) is 2. The van der Waals surface area contributed by atoms with Crippen molar-refractivity contribution < 1.29 is 5.11 Å². The largest absolute Gasteiger partial charge is 0.393 e. The molecule has 0 atom stereocenters. The maximum Gasteiger partial charge on any atom is 0.262 e. The van der Waals surface area contributed by atoms with Gasteiger partial charge in [-0.1, -0.05) is 0 Å². The van der Waals surface area contributed by atoms with Gasteiger partial charge < -0.3 is 20.3 Å². The van der Waals surface area contributed by atoms with Gasteiger partial charge in [0.05, 0.1) is 24.2 Å². The molecule has 9 heteroatoms. The van der Waals surface area contributed by atoms with Crippen LogP contribution in [-0.2, 0) is 6.54 Å². The van der Waals surface area contributed by atoms with E-state index in [1.54, 1.807) is 41.7 Å². The summed E-state index contributed by atoms with van der Waals surface area (Å²) in [6.07, 6.45) is 12.9. The fourth-order valence-electron chi connectivity index (χ4n) is 4.19. The lowest BCUT2D eigenvalue weighted by molar-refractivity contribution is 0.126. The number of aromatic nitrogens is 5. The molecular weight excluding hydrogens is 418 g/mol. The van der Waals surface area contributed by atoms with Crippen molar-refractivity contribution in [3.8, 4) is 0 Å². The van der Waals surface area contributed by atoms with Crippen molar-refractivity contribution >= 4 is 28.2 Å². The van der Waals surface area contributed by atoms with Crippen molar-refractivity contribution in [1.29, 1.82) is 0 Å². The fourth-order valence-corrected chi connectivity index (χ4v) is 4.19. The zero-order chi connectivity index (χ0) is 22.6. The topological polar surface area (TPSA) is 118 Å². The van der Waals surface area contributed by atoms with Gasteiger partial charge in [-0.05, 0) is 60.9 Å². The highest BCUT2D eigenvalue weighted by atomic mass is 16.3. The molecule has 4 aromatic heterocycles. The normalized spacial score (nSPS) is 18.2. The molecule has 4 aromatic rings. The molecule has 0 saturated heterocycles. The molecule has 1 fully saturated rings. The Morgan fingerprint density at radius 3 is 2.58 bits per heavy atom. The van der Waals surface area contributed by atoms with Gasteiger partial charge in [0.15, 0.2) is 0 Å². The Kier molecular flexibility index (Phi) is 5.95. The van der Waals surface area contributed by atoms with Gasteiger partial charge >= 0.3 is 0 Å². The molecular formula is C24H25N7O2. The number of fused-ring (bicyclic) bond motifs is 1. The first-order chi connectivity index (χ1) is 16.2. The number of hydrogen-bond donors (Lipinski definition) is 3. The molecule has 0 radical (unpaired) electrons. The van der Waals surface area contributed by atoms with Crippen LogP contribution in [0.1, 0.15) is 31.2 Å². The van der Waals surface area contributed by atoms with Crippen LogP contribution in [0.3, 0.4) is 0 Å². The molecule has 1 saturated carbocycles. The van der Waals surface area contributed by atoms with E-state index < -0.39 is 0 Å². The molecule has 3 N–H and O–H groups in total. The molecule has 4 heterocycles. The average Bonchev–Trinajstić information content (AvgIpc) is 2.83. The monoisotopic (exact) mass is 443 g/mol. The van der Waals surface area contributed by atoms with Gasteiger partial charge in [0.1, 0.15) is 17.5 Å². The van der Waals surface area contributed by atoms with Gasteiger partial charge in [0.25, 0.3) is 5.56 Å². The van der Waals surface area contributed by atoms with Crippen molar-refractivity contribution in [2.75, 3.05) is 10.6 Å². The Hall–Kier alpha value is -3.85. The van der Waals surface area contributed by atoms with Gasteiger partial charge in [0.2, 0.25) is 0 Å². The lowest BCUT2D eigenvalue weighted by Crippen LogP contribution is -2.30. The van der Waals surface area contributed by atoms with Crippen molar-refractivity contribution in [2.24, 2.45) is 0 Å². The van der Waals surface area contributed by atoms with E-state index in [0.29, 0.717) is 29.4 Å². The Morgan fingerprint density at radius 2 is 1.82 bits per heavy atom. The molecule has 33 heavy (non-hydrogen) atoms. The van der Waals surface area contributed by atoms with Crippen LogP contribution in [0.15, 0.2) is 66.2 Å². The number of hydrogen-bond acceptors (Lipinski definition) is 8. The summed E-state index contributed by atoms with van der Waals surface area (Å²) in [6, 6.07) is 7.71. The molecule has 9 nitrogen and oxygen atoms in total. The van der Waals surface area contributed by atoms with Crippen molar-refractivity contribution in [1.82, 2.24) is 24.5 Å². The summed E-state index contributed by atoms with van der Waals surface area (Å²) in [4.78, 5) is 30.6. The third-order valence-electron chi connectivity index (χ3n) is 5.92. The SMILES string of the molecule is O=c1c2c(N[C@H]3CC[C@@H](O)CC3)nc(Nc3cnccn3)cc2ccn1Cc1ccncc1. The maximum absolute atomic E-state index is 13.5. The maximum atomic E-state index is 13.5. The van der Waals surface area contributed by atoms with Gasteiger partial charge in [-0.3, -0.25) is 14.8 Å². The minimum atomic E-state index is -0.255. The first kappa shape index (κ1) is 21.0. The van der Waals surface area contributed by atoms with E-state index in [2.05, 4.69) is 25.6 Å². The molecule has 0 spiro atoms. The second kappa shape index (κ2) is 9.33. The predicted molar refractivity (Wildman–Crippen MR) is 127 cm³/mol. The first-order valence-corrected chi connectivity index (χ1v) is 11.1. The molecule has 1 aliphatic carbocycles. The summed E-state index contributed by atoms with van der Waals surface area (Å²) in [5.74, 6) is 1.68. The Balaban J connectivity index is 1.55. The van der Waals surface area contributed by atoms with E-state index >= 15 is 0 Å². The zero-order valence-corrected chi connectivity index (χ0v) is 18.1. The molecule has 0 unspecified atom stereocenters. The zero-order valence-electron chi connectivity index (χ0n) is 18.1. The average molecular weight is 444 g/mol. The van der Waals surface area contributed by atoms with Crippen LogP contribution in [0.4, 0.5) is 17.5 Å². The van der Waals surface area contributed by atoms with E-state index in [1.165, 1.54) is 0 Å². The van der Waals surface area contributed by atoms with Gasteiger partial charge in [0, 0.05) is 37.0 Å². The summed E-state index contributed by atoms with van der Waals surface area (Å²) >= 11 is 0. The number of pyridine rings is 3. The van der Waals surface area contributed by atoms with Crippen LogP contribution < -0.4 is 16.2 Å². The lowest BCUT2D eigenvalue weighted by Gasteiger charge is -2.27. The van der Waals surface area contributed by atoms with E-state index in [1.807, 2.05) is 24.3 Å². The standard InChI is InChI=1S/C24H25N7O2/c32-19-3-1-18(2-4-19)28-23-22-17(13-20(30-23)29-21-14-26-10-11-27-21)7-12-31(24(22)33)15-16-5-8-25-9-6-16/h5-14,18-19,32H,1-4,15H2,(H2,27,28,29,30)/t18-,19+. The molecule has 168 valence electrons. The van der Waals surface area contributed by atoms with E-state index in [-0.39, 0.29) is 17.7 Å².